The minimum Gasteiger partial charge on any atom is -0.454 e. The second-order valence-electron chi connectivity index (χ2n) is 8.36. The second kappa shape index (κ2) is 6.77. The molecule has 7 heteroatoms. The Morgan fingerprint density at radius 3 is 2.81 bits per heavy atom. The summed E-state index contributed by atoms with van der Waals surface area (Å²) in [5, 5.41) is 1.11. The van der Waals surface area contributed by atoms with E-state index >= 15 is 0 Å². The van der Waals surface area contributed by atoms with Crippen molar-refractivity contribution >= 4 is 22.7 Å². The van der Waals surface area contributed by atoms with E-state index < -0.39 is 6.04 Å². The van der Waals surface area contributed by atoms with Crippen molar-refractivity contribution in [3.63, 3.8) is 0 Å². The lowest BCUT2D eigenvalue weighted by molar-refractivity contribution is -0.158. The average molecular weight is 417 g/mol. The summed E-state index contributed by atoms with van der Waals surface area (Å²) in [4.78, 5) is 33.8. The normalized spacial score (nSPS) is 22.1. The van der Waals surface area contributed by atoms with Crippen molar-refractivity contribution in [3.8, 4) is 11.5 Å². The average Bonchev–Trinajstić information content (AvgIpc) is 3.40. The Hall–Kier alpha value is -3.48. The minimum absolute atomic E-state index is 0.0231. The number of nitrogens with one attached hydrogen (secondary N) is 1. The van der Waals surface area contributed by atoms with Gasteiger partial charge in [-0.3, -0.25) is 9.59 Å². The number of hydrogen-bond donors (Lipinski definition) is 1. The van der Waals surface area contributed by atoms with Crippen LogP contribution in [0, 0.1) is 0 Å². The molecule has 3 aliphatic rings. The molecule has 1 N–H and O–H groups in total. The lowest BCUT2D eigenvalue weighted by Gasteiger charge is -2.47. The molecule has 0 aliphatic carbocycles. The van der Waals surface area contributed by atoms with Gasteiger partial charge in [-0.2, -0.15) is 0 Å². The van der Waals surface area contributed by atoms with Crippen molar-refractivity contribution < 1.29 is 19.1 Å². The number of ether oxygens (including phenoxy) is 2. The largest absolute Gasteiger partial charge is 0.454 e. The number of rotatable bonds is 3. The molecule has 1 saturated heterocycles. The summed E-state index contributed by atoms with van der Waals surface area (Å²) >= 11 is 0. The summed E-state index contributed by atoms with van der Waals surface area (Å²) in [7, 11) is 0. The molecule has 0 bridgehead atoms. The number of benzene rings is 2. The minimum atomic E-state index is -0.505. The standard InChI is InChI=1S/C24H23N3O4/c1-2-9-26-12-21(28)27-18(24(26)29)11-16-15-5-3-4-6-17(15)25-22(16)23(27)14-7-8-19-20(10-14)31-13-30-19/h3-8,10,18,23,25H,2,9,11-13H2,1H3. The second-order valence-corrected chi connectivity index (χ2v) is 8.36. The molecule has 31 heavy (non-hydrogen) atoms. The van der Waals surface area contributed by atoms with Crippen LogP contribution in [0.15, 0.2) is 42.5 Å². The number of H-pyrrole nitrogens is 1. The number of carbonyl (C=O) groups excluding carboxylic acids is 2. The highest BCUT2D eigenvalue weighted by Crippen LogP contribution is 2.44. The summed E-state index contributed by atoms with van der Waals surface area (Å²) in [6, 6.07) is 13.0. The SMILES string of the molecule is CCCN1CC(=O)N2C(Cc3c([nH]c4ccccc34)C2c2ccc3c(c2)OCO3)C1=O. The number of nitrogens with zero attached hydrogens (tertiary/aromatic N) is 2. The van der Waals surface area contributed by atoms with Crippen LogP contribution in [0.1, 0.15) is 36.2 Å². The number of aromatic amines is 1. The van der Waals surface area contributed by atoms with Crippen molar-refractivity contribution in [3.05, 3.63) is 59.3 Å². The van der Waals surface area contributed by atoms with Crippen LogP contribution in [0.25, 0.3) is 10.9 Å². The Kier molecular flexibility index (Phi) is 4.00. The van der Waals surface area contributed by atoms with Crippen molar-refractivity contribution in [1.29, 1.82) is 0 Å². The fraction of sp³-hybridized carbons (Fsp3) is 0.333. The quantitative estimate of drug-likeness (QED) is 0.711. The molecular formula is C24H23N3O4. The third-order valence-electron chi connectivity index (χ3n) is 6.55. The van der Waals surface area contributed by atoms with E-state index in [1.54, 1.807) is 9.80 Å². The Morgan fingerprint density at radius 1 is 1.10 bits per heavy atom. The van der Waals surface area contributed by atoms with Crippen LogP contribution < -0.4 is 9.47 Å². The highest BCUT2D eigenvalue weighted by atomic mass is 16.7. The van der Waals surface area contributed by atoms with Gasteiger partial charge in [0.15, 0.2) is 11.5 Å². The number of fused-ring (bicyclic) bond motifs is 5. The third-order valence-corrected chi connectivity index (χ3v) is 6.55. The van der Waals surface area contributed by atoms with E-state index in [4.69, 9.17) is 9.47 Å². The number of carbonyl (C=O) groups is 2. The number of hydrogen-bond acceptors (Lipinski definition) is 4. The Bertz CT molecular complexity index is 1220. The van der Waals surface area contributed by atoms with E-state index in [9.17, 15) is 9.59 Å². The van der Waals surface area contributed by atoms with E-state index in [2.05, 4.69) is 11.1 Å². The molecule has 0 spiro atoms. The van der Waals surface area contributed by atoms with Gasteiger partial charge in [-0.05, 0) is 35.7 Å². The number of para-hydroxylation sites is 1. The maximum absolute atomic E-state index is 13.4. The van der Waals surface area contributed by atoms with E-state index in [-0.39, 0.29) is 31.2 Å². The molecule has 1 fully saturated rings. The molecular weight excluding hydrogens is 394 g/mol. The van der Waals surface area contributed by atoms with E-state index in [1.165, 1.54) is 0 Å². The summed E-state index contributed by atoms with van der Waals surface area (Å²) in [6.07, 6.45) is 1.35. The van der Waals surface area contributed by atoms with Crippen LogP contribution in [0.3, 0.4) is 0 Å². The first-order valence-electron chi connectivity index (χ1n) is 10.7. The smallest absolute Gasteiger partial charge is 0.246 e. The van der Waals surface area contributed by atoms with Gasteiger partial charge in [-0.1, -0.05) is 31.2 Å². The molecule has 3 aromatic rings. The van der Waals surface area contributed by atoms with Crippen LogP contribution in [0.5, 0.6) is 11.5 Å². The fourth-order valence-electron chi connectivity index (χ4n) is 5.21. The van der Waals surface area contributed by atoms with Gasteiger partial charge >= 0.3 is 0 Å². The van der Waals surface area contributed by atoms with E-state index in [1.807, 2.05) is 43.3 Å². The Morgan fingerprint density at radius 2 is 1.94 bits per heavy atom. The third kappa shape index (κ3) is 2.65. The summed E-state index contributed by atoms with van der Waals surface area (Å²) < 4.78 is 11.1. The highest BCUT2D eigenvalue weighted by Gasteiger charge is 2.48. The maximum atomic E-state index is 13.4. The summed E-state index contributed by atoms with van der Waals surface area (Å²) in [5.74, 6) is 1.37. The van der Waals surface area contributed by atoms with Crippen LogP contribution in [0.4, 0.5) is 0 Å². The molecule has 0 radical (unpaired) electrons. The van der Waals surface area contributed by atoms with Crippen LogP contribution in [0.2, 0.25) is 0 Å². The van der Waals surface area contributed by atoms with Crippen molar-refractivity contribution in [2.24, 2.45) is 0 Å². The molecule has 7 nitrogen and oxygen atoms in total. The van der Waals surface area contributed by atoms with Gasteiger partial charge in [0.1, 0.15) is 6.04 Å². The van der Waals surface area contributed by atoms with Crippen molar-refractivity contribution in [1.82, 2.24) is 14.8 Å². The summed E-state index contributed by atoms with van der Waals surface area (Å²) in [5.41, 5.74) is 4.01. The van der Waals surface area contributed by atoms with Gasteiger partial charge in [-0.25, -0.2) is 0 Å². The van der Waals surface area contributed by atoms with Crippen LogP contribution in [-0.2, 0) is 16.0 Å². The van der Waals surface area contributed by atoms with Crippen molar-refractivity contribution in [2.45, 2.75) is 31.8 Å². The van der Waals surface area contributed by atoms with E-state index in [0.717, 1.165) is 34.1 Å². The molecule has 158 valence electrons. The fourth-order valence-corrected chi connectivity index (χ4v) is 5.21. The molecule has 2 amide bonds. The first kappa shape index (κ1) is 18.3. The van der Waals surface area contributed by atoms with E-state index in [0.29, 0.717) is 24.5 Å². The first-order valence-corrected chi connectivity index (χ1v) is 10.7. The van der Waals surface area contributed by atoms with Crippen LogP contribution >= 0.6 is 0 Å². The number of aromatic nitrogens is 1. The van der Waals surface area contributed by atoms with Gasteiger partial charge < -0.3 is 24.3 Å². The van der Waals surface area contributed by atoms with Gasteiger partial charge in [0.05, 0.1) is 12.6 Å². The molecule has 1 aromatic heterocycles. The topological polar surface area (TPSA) is 74.9 Å². The zero-order valence-electron chi connectivity index (χ0n) is 17.3. The number of piperazine rings is 1. The van der Waals surface area contributed by atoms with Gasteiger partial charge in [-0.15, -0.1) is 0 Å². The predicted octanol–water partition coefficient (Wildman–Crippen LogP) is 2.99. The molecule has 2 unspecified atom stereocenters. The molecule has 4 heterocycles. The zero-order valence-corrected chi connectivity index (χ0v) is 17.3. The van der Waals surface area contributed by atoms with Crippen molar-refractivity contribution in [2.75, 3.05) is 19.9 Å². The molecule has 2 aromatic carbocycles. The van der Waals surface area contributed by atoms with Gasteiger partial charge in [0.2, 0.25) is 18.6 Å². The molecule has 0 saturated carbocycles. The molecule has 3 aliphatic heterocycles. The lowest BCUT2D eigenvalue weighted by Crippen LogP contribution is -2.63. The summed E-state index contributed by atoms with van der Waals surface area (Å²) in [6.45, 7) is 2.94. The van der Waals surface area contributed by atoms with Gasteiger partial charge in [0, 0.05) is 29.6 Å². The monoisotopic (exact) mass is 417 g/mol. The predicted molar refractivity (Wildman–Crippen MR) is 114 cm³/mol. The highest BCUT2D eigenvalue weighted by molar-refractivity contribution is 5.97. The Labute approximate surface area is 179 Å². The zero-order chi connectivity index (χ0) is 21.1. The molecule has 6 rings (SSSR count). The first-order chi connectivity index (χ1) is 15.2. The molecule has 2 atom stereocenters. The van der Waals surface area contributed by atoms with Gasteiger partial charge in [0.25, 0.3) is 0 Å². The Balaban J connectivity index is 1.54. The maximum Gasteiger partial charge on any atom is 0.246 e. The van der Waals surface area contributed by atoms with Crippen LogP contribution in [-0.4, -0.2) is 52.5 Å². The lowest BCUT2D eigenvalue weighted by atomic mass is 9.86. The number of amides is 2.